The Morgan fingerprint density at radius 1 is 1.08 bits per heavy atom. The van der Waals surface area contributed by atoms with Gasteiger partial charge in [-0.3, -0.25) is 24.5 Å². The minimum Gasteiger partial charge on any atom is -0.480 e. The van der Waals surface area contributed by atoms with E-state index in [1.165, 1.54) is 0 Å². The van der Waals surface area contributed by atoms with Gasteiger partial charge < -0.3 is 14.6 Å². The lowest BCUT2D eigenvalue weighted by atomic mass is 10.0. The van der Waals surface area contributed by atoms with Crippen molar-refractivity contribution >= 4 is 36.1 Å². The van der Waals surface area contributed by atoms with Crippen molar-refractivity contribution < 1.29 is 9.90 Å². The normalized spacial score (nSPS) is 15.4. The second-order valence-electron chi connectivity index (χ2n) is 10.1. The molecule has 4 heterocycles. The van der Waals surface area contributed by atoms with Crippen LogP contribution in [-0.2, 0) is 24.4 Å². The Hall–Kier alpha value is -3.69. The third-order valence-corrected chi connectivity index (χ3v) is 7.26. The van der Waals surface area contributed by atoms with Gasteiger partial charge in [-0.1, -0.05) is 12.1 Å². The van der Waals surface area contributed by atoms with Crippen LogP contribution in [0.5, 0.6) is 0 Å². The van der Waals surface area contributed by atoms with Crippen molar-refractivity contribution in [1.82, 2.24) is 19.4 Å². The van der Waals surface area contributed by atoms with Crippen LogP contribution < -0.4 is 10.3 Å². The van der Waals surface area contributed by atoms with Crippen LogP contribution in [0.2, 0.25) is 0 Å². The molecule has 9 heteroatoms. The minimum absolute atomic E-state index is 0. The number of anilines is 1. The maximum absolute atomic E-state index is 13.6. The first-order valence-electron chi connectivity index (χ1n) is 13.0. The van der Waals surface area contributed by atoms with E-state index in [2.05, 4.69) is 31.9 Å². The summed E-state index contributed by atoms with van der Waals surface area (Å²) in [6.07, 6.45) is 7.53. The average molecular weight is 546 g/mol. The van der Waals surface area contributed by atoms with Crippen molar-refractivity contribution in [2.75, 3.05) is 18.0 Å². The summed E-state index contributed by atoms with van der Waals surface area (Å²) >= 11 is 0. The SMILES string of the molecule is Cc1ccc(N2CCC[C@H](N(Cc3ccnc(C)c3)Cc3cn(CC(=O)O)c4ccccc4c3=O)C2)cn1.S. The molecule has 0 radical (unpaired) electrons. The van der Waals surface area contributed by atoms with E-state index in [0.717, 1.165) is 48.6 Å². The van der Waals surface area contributed by atoms with Gasteiger partial charge in [0, 0.05) is 67.0 Å². The standard InChI is InChI=1S/C30H33N5O3.H2S/c1-21-9-10-25(15-32-21)33-13-5-6-26(19-33)34(16-23-11-12-31-22(2)14-23)17-24-18-35(20-29(36)37)28-8-4-3-7-27(28)30(24)38;/h3-4,7-12,14-15,18,26H,5-6,13,16-17,19-20H2,1-2H3,(H,36,37);1H2/t26-;/m0./s1. The highest BCUT2D eigenvalue weighted by molar-refractivity contribution is 7.59. The molecule has 0 saturated carbocycles. The number of rotatable bonds is 8. The zero-order valence-electron chi connectivity index (χ0n) is 22.4. The van der Waals surface area contributed by atoms with E-state index in [1.54, 1.807) is 22.9 Å². The van der Waals surface area contributed by atoms with Gasteiger partial charge in [0.15, 0.2) is 5.43 Å². The maximum atomic E-state index is 13.6. The first-order chi connectivity index (χ1) is 18.4. The van der Waals surface area contributed by atoms with E-state index in [9.17, 15) is 14.7 Å². The number of para-hydroxylation sites is 1. The Bertz CT molecular complexity index is 1510. The minimum atomic E-state index is -0.941. The van der Waals surface area contributed by atoms with E-state index < -0.39 is 5.97 Å². The number of carboxylic acid groups (broad SMARTS) is 1. The highest BCUT2D eigenvalue weighted by Gasteiger charge is 2.27. The Kier molecular flexibility index (Phi) is 9.04. The van der Waals surface area contributed by atoms with Crippen molar-refractivity contribution in [3.63, 3.8) is 0 Å². The summed E-state index contributed by atoms with van der Waals surface area (Å²) in [6.45, 7) is 6.65. The lowest BCUT2D eigenvalue weighted by molar-refractivity contribution is -0.137. The molecule has 204 valence electrons. The molecule has 0 aliphatic carbocycles. The summed E-state index contributed by atoms with van der Waals surface area (Å²) in [4.78, 5) is 38.8. The number of fused-ring (bicyclic) bond motifs is 1. The molecule has 39 heavy (non-hydrogen) atoms. The highest BCUT2D eigenvalue weighted by Crippen LogP contribution is 2.25. The van der Waals surface area contributed by atoms with E-state index in [0.29, 0.717) is 29.6 Å². The van der Waals surface area contributed by atoms with Gasteiger partial charge in [-0.15, -0.1) is 0 Å². The smallest absolute Gasteiger partial charge is 0.323 e. The Morgan fingerprint density at radius 3 is 2.64 bits per heavy atom. The number of aromatic nitrogens is 3. The Balaban J connectivity index is 0.00000353. The average Bonchev–Trinajstić information content (AvgIpc) is 2.91. The van der Waals surface area contributed by atoms with E-state index in [-0.39, 0.29) is 31.5 Å². The lowest BCUT2D eigenvalue weighted by Crippen LogP contribution is -2.48. The van der Waals surface area contributed by atoms with Crippen molar-refractivity contribution in [1.29, 1.82) is 0 Å². The Labute approximate surface area is 235 Å². The van der Waals surface area contributed by atoms with Crippen molar-refractivity contribution in [3.05, 3.63) is 99.9 Å². The predicted molar refractivity (Wildman–Crippen MR) is 159 cm³/mol. The second-order valence-corrected chi connectivity index (χ2v) is 10.1. The van der Waals surface area contributed by atoms with Crippen LogP contribution >= 0.6 is 13.5 Å². The van der Waals surface area contributed by atoms with E-state index >= 15 is 0 Å². The number of hydrogen-bond acceptors (Lipinski definition) is 6. The maximum Gasteiger partial charge on any atom is 0.323 e. The first kappa shape index (κ1) is 28.3. The molecule has 0 bridgehead atoms. The van der Waals surface area contributed by atoms with Gasteiger partial charge >= 0.3 is 5.97 Å². The number of nitrogens with zero attached hydrogens (tertiary/aromatic N) is 5. The number of hydrogen-bond donors (Lipinski definition) is 1. The van der Waals surface area contributed by atoms with Crippen molar-refractivity contribution in [3.8, 4) is 0 Å². The summed E-state index contributed by atoms with van der Waals surface area (Å²) in [5.41, 5.74) is 5.38. The number of carboxylic acids is 1. The molecular weight excluding hydrogens is 510 g/mol. The molecule has 5 rings (SSSR count). The molecule has 0 spiro atoms. The number of benzene rings is 1. The van der Waals surface area contributed by atoms with Gasteiger partial charge in [-0.25, -0.2) is 0 Å². The van der Waals surface area contributed by atoms with Gasteiger partial charge in [0.25, 0.3) is 0 Å². The zero-order chi connectivity index (χ0) is 26.6. The Morgan fingerprint density at radius 2 is 1.90 bits per heavy atom. The zero-order valence-corrected chi connectivity index (χ0v) is 23.4. The van der Waals surface area contributed by atoms with Crippen LogP contribution in [0.15, 0.2) is 71.9 Å². The second kappa shape index (κ2) is 12.4. The fourth-order valence-electron chi connectivity index (χ4n) is 5.40. The van der Waals surface area contributed by atoms with Gasteiger partial charge in [-0.2, -0.15) is 13.5 Å². The summed E-state index contributed by atoms with van der Waals surface area (Å²) in [5, 5.41) is 10.1. The van der Waals surface area contributed by atoms with Crippen LogP contribution in [-0.4, -0.2) is 49.6 Å². The number of aliphatic carboxylic acids is 1. The highest BCUT2D eigenvalue weighted by atomic mass is 32.1. The first-order valence-corrected chi connectivity index (χ1v) is 13.0. The molecule has 0 unspecified atom stereocenters. The molecule has 3 aromatic heterocycles. The van der Waals surface area contributed by atoms with Gasteiger partial charge in [0.05, 0.1) is 17.4 Å². The topological polar surface area (TPSA) is 91.6 Å². The molecular formula is C30H35N5O3S. The van der Waals surface area contributed by atoms with Crippen molar-refractivity contribution in [2.45, 2.75) is 52.4 Å². The van der Waals surface area contributed by atoms with Crippen LogP contribution in [0.3, 0.4) is 0 Å². The molecule has 0 amide bonds. The quantitative estimate of drug-likeness (QED) is 0.353. The fourth-order valence-corrected chi connectivity index (χ4v) is 5.40. The lowest BCUT2D eigenvalue weighted by Gasteiger charge is -2.40. The van der Waals surface area contributed by atoms with E-state index in [4.69, 9.17) is 0 Å². The van der Waals surface area contributed by atoms with Crippen LogP contribution in [0.1, 0.15) is 35.4 Å². The monoisotopic (exact) mass is 545 g/mol. The van der Waals surface area contributed by atoms with Crippen LogP contribution in [0.25, 0.3) is 10.9 Å². The molecule has 1 N–H and O–H groups in total. The van der Waals surface area contributed by atoms with E-state index in [1.807, 2.05) is 50.5 Å². The van der Waals surface area contributed by atoms with Crippen molar-refractivity contribution in [2.24, 2.45) is 0 Å². The number of aryl methyl sites for hydroxylation is 2. The fraction of sp³-hybridized carbons (Fsp3) is 0.333. The largest absolute Gasteiger partial charge is 0.480 e. The third-order valence-electron chi connectivity index (χ3n) is 7.26. The molecule has 1 aromatic carbocycles. The molecule has 1 atom stereocenters. The number of carbonyl (C=O) groups is 1. The van der Waals surface area contributed by atoms with Gasteiger partial charge in [-0.05, 0) is 68.7 Å². The number of pyridine rings is 3. The summed E-state index contributed by atoms with van der Waals surface area (Å²) in [6, 6.07) is 15.7. The predicted octanol–water partition coefficient (Wildman–Crippen LogP) is 4.28. The summed E-state index contributed by atoms with van der Waals surface area (Å²) in [5.74, 6) is -0.941. The third kappa shape index (κ3) is 6.66. The summed E-state index contributed by atoms with van der Waals surface area (Å²) in [7, 11) is 0. The number of piperidine rings is 1. The van der Waals surface area contributed by atoms with Gasteiger partial charge in [0.1, 0.15) is 6.54 Å². The van der Waals surface area contributed by atoms with Crippen LogP contribution in [0, 0.1) is 13.8 Å². The summed E-state index contributed by atoms with van der Waals surface area (Å²) < 4.78 is 1.67. The molecule has 1 fully saturated rings. The molecule has 8 nitrogen and oxygen atoms in total. The van der Waals surface area contributed by atoms with Gasteiger partial charge in [0.2, 0.25) is 0 Å². The molecule has 1 aliphatic heterocycles. The molecule has 1 saturated heterocycles. The molecule has 1 aliphatic rings. The molecule has 4 aromatic rings. The van der Waals surface area contributed by atoms with Crippen LogP contribution in [0.4, 0.5) is 5.69 Å².